The smallest absolute Gasteiger partial charge is 0.254 e. The summed E-state index contributed by atoms with van der Waals surface area (Å²) in [6.45, 7) is 4.46. The number of carbonyl (C=O) groups is 1. The SMILES string of the molecule is Cc1cc(C#N)ccc1C(=O)N1CC(CO)OCC1C. The lowest BCUT2D eigenvalue weighted by Gasteiger charge is -2.37. The molecular weight excluding hydrogens is 256 g/mol. The molecule has 1 N–H and O–H groups in total. The third-order valence-electron chi connectivity index (χ3n) is 3.56. The van der Waals surface area contributed by atoms with Gasteiger partial charge in [-0.1, -0.05) is 0 Å². The van der Waals surface area contributed by atoms with Crippen molar-refractivity contribution in [1.82, 2.24) is 4.90 Å². The molecule has 0 bridgehead atoms. The highest BCUT2D eigenvalue weighted by atomic mass is 16.5. The molecule has 1 aromatic carbocycles. The molecule has 1 amide bonds. The Kier molecular flexibility index (Phi) is 4.38. The summed E-state index contributed by atoms with van der Waals surface area (Å²) in [5.41, 5.74) is 1.92. The van der Waals surface area contributed by atoms with Gasteiger partial charge in [-0.3, -0.25) is 4.79 Å². The Balaban J connectivity index is 2.24. The molecule has 2 unspecified atom stereocenters. The summed E-state index contributed by atoms with van der Waals surface area (Å²) >= 11 is 0. The second-order valence-corrected chi connectivity index (χ2v) is 5.09. The van der Waals surface area contributed by atoms with Crippen molar-refractivity contribution in [3.8, 4) is 6.07 Å². The van der Waals surface area contributed by atoms with E-state index >= 15 is 0 Å². The molecule has 1 aliphatic heterocycles. The molecule has 0 spiro atoms. The van der Waals surface area contributed by atoms with Crippen LogP contribution in [-0.2, 0) is 4.74 Å². The topological polar surface area (TPSA) is 73.6 Å². The highest BCUT2D eigenvalue weighted by Crippen LogP contribution is 2.18. The second-order valence-electron chi connectivity index (χ2n) is 5.09. The summed E-state index contributed by atoms with van der Waals surface area (Å²) in [7, 11) is 0. The molecule has 1 fully saturated rings. The molecule has 20 heavy (non-hydrogen) atoms. The van der Waals surface area contributed by atoms with Gasteiger partial charge in [0.25, 0.3) is 5.91 Å². The van der Waals surface area contributed by atoms with Crippen LogP contribution in [0.25, 0.3) is 0 Å². The minimum atomic E-state index is -0.325. The first-order chi connectivity index (χ1) is 9.56. The fourth-order valence-corrected chi connectivity index (χ4v) is 2.34. The van der Waals surface area contributed by atoms with Gasteiger partial charge in [0.1, 0.15) is 0 Å². The molecule has 0 radical (unpaired) electrons. The van der Waals surface area contributed by atoms with E-state index in [4.69, 9.17) is 10.00 Å². The van der Waals surface area contributed by atoms with Crippen LogP contribution in [0.15, 0.2) is 18.2 Å². The Morgan fingerprint density at radius 2 is 2.35 bits per heavy atom. The Bertz CT molecular complexity index is 551. The van der Waals surface area contributed by atoms with Gasteiger partial charge >= 0.3 is 0 Å². The van der Waals surface area contributed by atoms with Gasteiger partial charge in [0.05, 0.1) is 37.0 Å². The first kappa shape index (κ1) is 14.5. The molecule has 5 heteroatoms. The number of rotatable bonds is 2. The zero-order valence-electron chi connectivity index (χ0n) is 11.7. The molecule has 1 aliphatic rings. The van der Waals surface area contributed by atoms with Crippen LogP contribution in [-0.4, -0.2) is 47.8 Å². The van der Waals surface area contributed by atoms with Crippen LogP contribution >= 0.6 is 0 Å². The molecular formula is C15H18N2O3. The van der Waals surface area contributed by atoms with Crippen LogP contribution in [0, 0.1) is 18.3 Å². The maximum Gasteiger partial charge on any atom is 0.254 e. The third-order valence-corrected chi connectivity index (χ3v) is 3.56. The highest BCUT2D eigenvalue weighted by molar-refractivity contribution is 5.96. The molecule has 2 rings (SSSR count). The van der Waals surface area contributed by atoms with Crippen LogP contribution in [0.1, 0.15) is 28.4 Å². The number of hydrogen-bond donors (Lipinski definition) is 1. The predicted octanol–water partition coefficient (Wildman–Crippen LogP) is 1.09. The van der Waals surface area contributed by atoms with Crippen molar-refractivity contribution in [2.75, 3.05) is 19.8 Å². The summed E-state index contributed by atoms with van der Waals surface area (Å²) in [6.07, 6.45) is -0.325. The summed E-state index contributed by atoms with van der Waals surface area (Å²) in [5, 5.41) is 18.0. The maximum absolute atomic E-state index is 12.6. The number of carbonyl (C=O) groups excluding carboxylic acids is 1. The quantitative estimate of drug-likeness (QED) is 0.876. The third kappa shape index (κ3) is 2.82. The van der Waals surface area contributed by atoms with E-state index in [1.54, 1.807) is 23.1 Å². The molecule has 0 aliphatic carbocycles. The van der Waals surface area contributed by atoms with E-state index in [1.807, 2.05) is 13.8 Å². The van der Waals surface area contributed by atoms with E-state index in [2.05, 4.69) is 6.07 Å². The van der Waals surface area contributed by atoms with E-state index < -0.39 is 0 Å². The molecule has 2 atom stereocenters. The Morgan fingerprint density at radius 1 is 1.60 bits per heavy atom. The number of nitriles is 1. The van der Waals surface area contributed by atoms with Crippen LogP contribution in [0.3, 0.4) is 0 Å². The zero-order chi connectivity index (χ0) is 14.7. The van der Waals surface area contributed by atoms with Crippen molar-refractivity contribution < 1.29 is 14.6 Å². The van der Waals surface area contributed by atoms with E-state index in [1.165, 1.54) is 0 Å². The van der Waals surface area contributed by atoms with Crippen molar-refractivity contribution in [3.63, 3.8) is 0 Å². The lowest BCUT2D eigenvalue weighted by molar-refractivity contribution is -0.0667. The largest absolute Gasteiger partial charge is 0.394 e. The van der Waals surface area contributed by atoms with Gasteiger partial charge in [0.2, 0.25) is 0 Å². The van der Waals surface area contributed by atoms with Crippen molar-refractivity contribution in [2.45, 2.75) is 26.0 Å². The maximum atomic E-state index is 12.6. The van der Waals surface area contributed by atoms with Crippen molar-refractivity contribution in [1.29, 1.82) is 5.26 Å². The number of amides is 1. The average Bonchev–Trinajstić information content (AvgIpc) is 2.47. The predicted molar refractivity (Wildman–Crippen MR) is 73.2 cm³/mol. The fourth-order valence-electron chi connectivity index (χ4n) is 2.34. The lowest BCUT2D eigenvalue weighted by atomic mass is 10.0. The molecule has 5 nitrogen and oxygen atoms in total. The standard InChI is InChI=1S/C15H18N2O3/c1-10-5-12(6-16)3-4-14(10)15(19)17-7-13(8-18)20-9-11(17)2/h3-5,11,13,18H,7-9H2,1-2H3. The Labute approximate surface area is 118 Å². The summed E-state index contributed by atoms with van der Waals surface area (Å²) in [6, 6.07) is 7.08. The van der Waals surface area contributed by atoms with Crippen LogP contribution < -0.4 is 0 Å². The molecule has 0 saturated carbocycles. The van der Waals surface area contributed by atoms with Gasteiger partial charge in [0.15, 0.2) is 0 Å². The van der Waals surface area contributed by atoms with Gasteiger partial charge in [-0.05, 0) is 37.6 Å². The van der Waals surface area contributed by atoms with Gasteiger partial charge in [-0.15, -0.1) is 0 Å². The van der Waals surface area contributed by atoms with Gasteiger partial charge in [-0.25, -0.2) is 0 Å². The fraction of sp³-hybridized carbons (Fsp3) is 0.467. The number of aliphatic hydroxyl groups is 1. The molecule has 1 aromatic rings. The number of nitrogens with zero attached hydrogens (tertiary/aromatic N) is 2. The lowest BCUT2D eigenvalue weighted by Crippen LogP contribution is -2.52. The van der Waals surface area contributed by atoms with Crippen molar-refractivity contribution in [2.24, 2.45) is 0 Å². The summed E-state index contributed by atoms with van der Waals surface area (Å²) < 4.78 is 5.44. The van der Waals surface area contributed by atoms with E-state index in [0.717, 1.165) is 5.56 Å². The number of aryl methyl sites for hydroxylation is 1. The molecule has 0 aromatic heterocycles. The number of ether oxygens (including phenoxy) is 1. The van der Waals surface area contributed by atoms with E-state index in [-0.39, 0.29) is 24.7 Å². The van der Waals surface area contributed by atoms with Crippen LogP contribution in [0.2, 0.25) is 0 Å². The monoisotopic (exact) mass is 274 g/mol. The van der Waals surface area contributed by atoms with Crippen molar-refractivity contribution in [3.05, 3.63) is 34.9 Å². The first-order valence-corrected chi connectivity index (χ1v) is 6.61. The molecule has 1 heterocycles. The Hall–Kier alpha value is -1.90. The molecule has 1 saturated heterocycles. The summed E-state index contributed by atoms with van der Waals surface area (Å²) in [5.74, 6) is -0.0822. The van der Waals surface area contributed by atoms with Gasteiger partial charge in [-0.2, -0.15) is 5.26 Å². The zero-order valence-corrected chi connectivity index (χ0v) is 11.7. The van der Waals surface area contributed by atoms with Crippen molar-refractivity contribution >= 4 is 5.91 Å². The number of morpholine rings is 1. The summed E-state index contributed by atoms with van der Waals surface area (Å²) in [4.78, 5) is 14.3. The Morgan fingerprint density at radius 3 is 2.95 bits per heavy atom. The van der Waals surface area contributed by atoms with Crippen LogP contribution in [0.4, 0.5) is 0 Å². The van der Waals surface area contributed by atoms with Crippen LogP contribution in [0.5, 0.6) is 0 Å². The second kappa shape index (κ2) is 6.04. The number of hydrogen-bond acceptors (Lipinski definition) is 4. The van der Waals surface area contributed by atoms with Gasteiger partial charge < -0.3 is 14.7 Å². The normalized spacial score (nSPS) is 22.4. The minimum absolute atomic E-state index is 0.0275. The highest BCUT2D eigenvalue weighted by Gasteiger charge is 2.30. The molecule has 106 valence electrons. The first-order valence-electron chi connectivity index (χ1n) is 6.61. The minimum Gasteiger partial charge on any atom is -0.394 e. The van der Waals surface area contributed by atoms with E-state index in [0.29, 0.717) is 24.3 Å². The average molecular weight is 274 g/mol. The number of benzene rings is 1. The van der Waals surface area contributed by atoms with E-state index in [9.17, 15) is 9.90 Å². The number of aliphatic hydroxyl groups excluding tert-OH is 1. The van der Waals surface area contributed by atoms with Gasteiger partial charge in [0, 0.05) is 12.1 Å².